The first kappa shape index (κ1) is 16.8. The maximum Gasteiger partial charge on any atom is 0.415 e. The lowest BCUT2D eigenvalue weighted by Crippen LogP contribution is -2.53. The quantitative estimate of drug-likeness (QED) is 0.782. The predicted octanol–water partition coefficient (Wildman–Crippen LogP) is 3.65. The molecule has 1 atom stereocenters. The van der Waals surface area contributed by atoms with E-state index >= 15 is 0 Å². The van der Waals surface area contributed by atoms with Gasteiger partial charge in [0.1, 0.15) is 19.3 Å². The molecule has 128 valence electrons. The molecule has 5 nitrogen and oxygen atoms in total. The third-order valence-corrected chi connectivity index (χ3v) is 3.98. The second kappa shape index (κ2) is 7.66. The van der Waals surface area contributed by atoms with E-state index in [9.17, 15) is 9.59 Å². The molecule has 25 heavy (non-hydrogen) atoms. The Hall–Kier alpha value is -3.08. The van der Waals surface area contributed by atoms with Crippen LogP contribution in [0.25, 0.3) is 0 Å². The van der Waals surface area contributed by atoms with Crippen molar-refractivity contribution in [2.24, 2.45) is 0 Å². The molecule has 1 heterocycles. The van der Waals surface area contributed by atoms with Gasteiger partial charge in [0.2, 0.25) is 0 Å². The Morgan fingerprint density at radius 1 is 0.920 bits per heavy atom. The molecule has 0 aliphatic carbocycles. The Balaban J connectivity index is 1.52. The highest BCUT2D eigenvalue weighted by molar-refractivity contribution is 5.85. The third kappa shape index (κ3) is 4.07. The summed E-state index contributed by atoms with van der Waals surface area (Å²) in [5, 5.41) is 0. The zero-order chi connectivity index (χ0) is 17.6. The molecule has 0 saturated carbocycles. The number of likely N-dealkylation sites (tertiary alicyclic amines) is 1. The zero-order valence-electron chi connectivity index (χ0n) is 13.8. The van der Waals surface area contributed by atoms with Crippen LogP contribution in [0, 0.1) is 0 Å². The van der Waals surface area contributed by atoms with Gasteiger partial charge in [0, 0.05) is 12.1 Å². The highest BCUT2D eigenvalue weighted by atomic mass is 16.6. The number of carbonyl (C=O) groups excluding carboxylic acids is 2. The fourth-order valence-electron chi connectivity index (χ4n) is 2.58. The molecule has 1 amide bonds. The van der Waals surface area contributed by atoms with E-state index in [1.54, 1.807) is 0 Å². The number of ether oxygens (including phenoxy) is 2. The zero-order valence-corrected chi connectivity index (χ0v) is 13.8. The molecule has 1 saturated heterocycles. The Morgan fingerprint density at radius 2 is 1.44 bits per heavy atom. The predicted molar refractivity (Wildman–Crippen MR) is 92.2 cm³/mol. The average molecular weight is 337 g/mol. The maximum atomic E-state index is 12.2. The average Bonchev–Trinajstić information content (AvgIpc) is 2.64. The third-order valence-electron chi connectivity index (χ3n) is 3.98. The summed E-state index contributed by atoms with van der Waals surface area (Å²) in [6.07, 6.45) is -0.185. The molecule has 0 spiro atoms. The van der Waals surface area contributed by atoms with Crippen molar-refractivity contribution >= 4 is 12.1 Å². The first-order chi connectivity index (χ1) is 12.1. The number of nitrogens with zero attached hydrogens (tertiary/aromatic N) is 1. The summed E-state index contributed by atoms with van der Waals surface area (Å²) in [5.74, 6) is -0.451. The standard InChI is InChI=1S/C20H19NO4/c1-15-12-18(19(22)24-13-16-8-4-2-5-9-16)21(15)20(23)25-14-17-10-6-3-7-11-17/h2-11,18H,1,12-14H2/t18-/m1/s1. The van der Waals surface area contributed by atoms with Gasteiger partial charge in [-0.15, -0.1) is 0 Å². The Labute approximate surface area is 146 Å². The Bertz CT molecular complexity index is 758. The number of rotatable bonds is 5. The first-order valence-electron chi connectivity index (χ1n) is 8.03. The SMILES string of the molecule is C=C1C[C@H](C(=O)OCc2ccccc2)N1C(=O)OCc1ccccc1. The number of amides is 1. The van der Waals surface area contributed by atoms with Crippen molar-refractivity contribution in [2.75, 3.05) is 0 Å². The molecule has 0 N–H and O–H groups in total. The molecule has 1 aliphatic heterocycles. The van der Waals surface area contributed by atoms with Crippen molar-refractivity contribution in [2.45, 2.75) is 25.7 Å². The summed E-state index contributed by atoms with van der Waals surface area (Å²) in [6.45, 7) is 4.11. The second-order valence-electron chi connectivity index (χ2n) is 5.79. The summed E-state index contributed by atoms with van der Waals surface area (Å²) in [4.78, 5) is 25.7. The molecule has 1 aliphatic rings. The van der Waals surface area contributed by atoms with Crippen molar-refractivity contribution in [3.8, 4) is 0 Å². The van der Waals surface area contributed by atoms with Crippen LogP contribution in [-0.4, -0.2) is 23.0 Å². The van der Waals surface area contributed by atoms with Gasteiger partial charge in [-0.2, -0.15) is 0 Å². The van der Waals surface area contributed by atoms with Crippen molar-refractivity contribution in [1.82, 2.24) is 4.90 Å². The van der Waals surface area contributed by atoms with E-state index in [1.807, 2.05) is 60.7 Å². The van der Waals surface area contributed by atoms with E-state index in [2.05, 4.69) is 6.58 Å². The van der Waals surface area contributed by atoms with Gasteiger partial charge in [-0.3, -0.25) is 4.90 Å². The minimum atomic E-state index is -0.667. The van der Waals surface area contributed by atoms with E-state index in [0.29, 0.717) is 12.1 Å². The minimum Gasteiger partial charge on any atom is -0.459 e. The molecule has 3 rings (SSSR count). The van der Waals surface area contributed by atoms with E-state index < -0.39 is 18.1 Å². The molecule has 0 bridgehead atoms. The number of hydrogen-bond donors (Lipinski definition) is 0. The lowest BCUT2D eigenvalue weighted by molar-refractivity contribution is -0.153. The normalized spacial score (nSPS) is 16.1. The molecular formula is C20H19NO4. The van der Waals surface area contributed by atoms with Gasteiger partial charge in [-0.25, -0.2) is 9.59 Å². The summed E-state index contributed by atoms with van der Waals surface area (Å²) in [6, 6.07) is 18.1. The minimum absolute atomic E-state index is 0.148. The maximum absolute atomic E-state index is 12.2. The van der Waals surface area contributed by atoms with Crippen LogP contribution in [-0.2, 0) is 27.5 Å². The van der Waals surface area contributed by atoms with Crippen molar-refractivity contribution < 1.29 is 19.1 Å². The molecule has 0 aromatic heterocycles. The summed E-state index contributed by atoms with van der Waals surface area (Å²) in [5.41, 5.74) is 2.33. The fraction of sp³-hybridized carbons (Fsp3) is 0.200. The van der Waals surface area contributed by atoms with Crippen LogP contribution in [0.15, 0.2) is 72.9 Å². The van der Waals surface area contributed by atoms with E-state index in [-0.39, 0.29) is 13.2 Å². The summed E-state index contributed by atoms with van der Waals surface area (Å²) in [7, 11) is 0. The van der Waals surface area contributed by atoms with Gasteiger partial charge >= 0.3 is 12.1 Å². The monoisotopic (exact) mass is 337 g/mol. The molecule has 2 aromatic carbocycles. The lowest BCUT2D eigenvalue weighted by Gasteiger charge is -2.39. The molecule has 0 unspecified atom stereocenters. The van der Waals surface area contributed by atoms with Crippen molar-refractivity contribution in [3.05, 3.63) is 84.1 Å². The molecule has 5 heteroatoms. The van der Waals surface area contributed by atoms with Gasteiger partial charge in [-0.1, -0.05) is 67.2 Å². The van der Waals surface area contributed by atoms with E-state index in [1.165, 1.54) is 4.90 Å². The van der Waals surface area contributed by atoms with Gasteiger partial charge in [0.15, 0.2) is 0 Å². The Morgan fingerprint density at radius 3 is 1.96 bits per heavy atom. The number of carbonyl (C=O) groups is 2. The van der Waals surface area contributed by atoms with Crippen LogP contribution in [0.2, 0.25) is 0 Å². The van der Waals surface area contributed by atoms with Gasteiger partial charge < -0.3 is 9.47 Å². The highest BCUT2D eigenvalue weighted by Crippen LogP contribution is 2.30. The summed E-state index contributed by atoms with van der Waals surface area (Å²) >= 11 is 0. The molecule has 2 aromatic rings. The Kier molecular flexibility index (Phi) is 5.14. The van der Waals surface area contributed by atoms with Crippen LogP contribution in [0.1, 0.15) is 17.5 Å². The molecule has 0 radical (unpaired) electrons. The van der Waals surface area contributed by atoms with Crippen LogP contribution in [0.5, 0.6) is 0 Å². The largest absolute Gasteiger partial charge is 0.459 e. The second-order valence-corrected chi connectivity index (χ2v) is 5.79. The van der Waals surface area contributed by atoms with E-state index in [4.69, 9.17) is 9.47 Å². The molecular weight excluding hydrogens is 318 g/mol. The van der Waals surface area contributed by atoms with Gasteiger partial charge in [-0.05, 0) is 11.1 Å². The topological polar surface area (TPSA) is 55.8 Å². The highest BCUT2D eigenvalue weighted by Gasteiger charge is 2.43. The first-order valence-corrected chi connectivity index (χ1v) is 8.03. The lowest BCUT2D eigenvalue weighted by atomic mass is 10.0. The van der Waals surface area contributed by atoms with Crippen LogP contribution >= 0.6 is 0 Å². The van der Waals surface area contributed by atoms with Crippen LogP contribution in [0.3, 0.4) is 0 Å². The smallest absolute Gasteiger partial charge is 0.415 e. The number of benzene rings is 2. The van der Waals surface area contributed by atoms with Crippen LogP contribution < -0.4 is 0 Å². The fourth-order valence-corrected chi connectivity index (χ4v) is 2.58. The number of esters is 1. The van der Waals surface area contributed by atoms with Crippen LogP contribution in [0.4, 0.5) is 4.79 Å². The van der Waals surface area contributed by atoms with Crippen molar-refractivity contribution in [3.63, 3.8) is 0 Å². The van der Waals surface area contributed by atoms with Gasteiger partial charge in [0.25, 0.3) is 0 Å². The van der Waals surface area contributed by atoms with Crippen molar-refractivity contribution in [1.29, 1.82) is 0 Å². The molecule has 1 fully saturated rings. The number of hydrogen-bond acceptors (Lipinski definition) is 4. The van der Waals surface area contributed by atoms with Gasteiger partial charge in [0.05, 0.1) is 0 Å². The van der Waals surface area contributed by atoms with E-state index in [0.717, 1.165) is 11.1 Å². The summed E-state index contributed by atoms with van der Waals surface area (Å²) < 4.78 is 10.6.